The standard InChI is InChI=1S/C19H22ClN3O.HI/c1-13-5-3-4-6-15(13)19(9-10-19)12-22-18(21)23-14-7-8-17(24-2)16(20)11-14;/h3-8,11H,9-10,12H2,1-2H3,(H3,21,22,23);1H. The highest BCUT2D eigenvalue weighted by molar-refractivity contribution is 14.0. The molecule has 2 aromatic rings. The summed E-state index contributed by atoms with van der Waals surface area (Å²) in [6.45, 7) is 2.85. The van der Waals surface area contributed by atoms with Gasteiger partial charge in [0.1, 0.15) is 5.75 Å². The zero-order valence-electron chi connectivity index (χ0n) is 14.4. The smallest absolute Gasteiger partial charge is 0.193 e. The molecule has 0 saturated heterocycles. The van der Waals surface area contributed by atoms with E-state index in [0.29, 0.717) is 23.3 Å². The van der Waals surface area contributed by atoms with E-state index in [0.717, 1.165) is 18.5 Å². The Bertz CT molecular complexity index is 775. The molecule has 3 N–H and O–H groups in total. The Hall–Kier alpha value is -1.47. The van der Waals surface area contributed by atoms with Crippen LogP contribution in [0.1, 0.15) is 24.0 Å². The third kappa shape index (κ3) is 4.58. The number of hydrogen-bond acceptors (Lipinski definition) is 2. The fourth-order valence-electron chi connectivity index (χ4n) is 3.00. The molecule has 0 amide bonds. The van der Waals surface area contributed by atoms with E-state index >= 15 is 0 Å². The molecule has 134 valence electrons. The highest BCUT2D eigenvalue weighted by Gasteiger charge is 2.44. The first-order valence-corrected chi connectivity index (χ1v) is 8.38. The van der Waals surface area contributed by atoms with Crippen LogP contribution in [-0.2, 0) is 5.41 Å². The Balaban J connectivity index is 0.00000225. The maximum atomic E-state index is 6.12. The predicted octanol–water partition coefficient (Wildman–Crippen LogP) is 4.73. The van der Waals surface area contributed by atoms with Crippen molar-refractivity contribution in [3.63, 3.8) is 0 Å². The number of halogens is 2. The van der Waals surface area contributed by atoms with Crippen LogP contribution in [0.25, 0.3) is 0 Å². The van der Waals surface area contributed by atoms with Gasteiger partial charge in [0.15, 0.2) is 5.96 Å². The minimum absolute atomic E-state index is 0. The molecule has 1 saturated carbocycles. The number of rotatable bonds is 5. The highest BCUT2D eigenvalue weighted by atomic mass is 127. The Morgan fingerprint density at radius 2 is 2.00 bits per heavy atom. The van der Waals surface area contributed by atoms with Gasteiger partial charge in [-0.15, -0.1) is 24.0 Å². The lowest BCUT2D eigenvalue weighted by atomic mass is 9.92. The molecule has 25 heavy (non-hydrogen) atoms. The van der Waals surface area contributed by atoms with Crippen molar-refractivity contribution >= 4 is 47.2 Å². The molecule has 0 aliphatic heterocycles. The summed E-state index contributed by atoms with van der Waals surface area (Å²) >= 11 is 6.12. The minimum Gasteiger partial charge on any atom is -0.495 e. The zero-order chi connectivity index (χ0) is 17.2. The van der Waals surface area contributed by atoms with Crippen molar-refractivity contribution in [1.82, 2.24) is 0 Å². The van der Waals surface area contributed by atoms with Crippen LogP contribution in [-0.4, -0.2) is 19.6 Å². The quantitative estimate of drug-likeness (QED) is 0.376. The number of anilines is 1. The van der Waals surface area contributed by atoms with E-state index in [2.05, 4.69) is 41.5 Å². The molecular formula is C19H23ClIN3O. The minimum atomic E-state index is 0. The number of guanidine groups is 1. The SMILES string of the molecule is COc1ccc(NC(N)=NCC2(c3ccccc3C)CC2)cc1Cl.I. The number of hydrogen-bond donors (Lipinski definition) is 2. The third-order valence-electron chi connectivity index (χ3n) is 4.55. The van der Waals surface area contributed by atoms with Gasteiger partial charge in [-0.2, -0.15) is 0 Å². The number of ether oxygens (including phenoxy) is 1. The molecule has 4 nitrogen and oxygen atoms in total. The largest absolute Gasteiger partial charge is 0.495 e. The molecule has 0 atom stereocenters. The van der Waals surface area contributed by atoms with Gasteiger partial charge in [-0.3, -0.25) is 4.99 Å². The molecule has 6 heteroatoms. The van der Waals surface area contributed by atoms with Crippen molar-refractivity contribution in [1.29, 1.82) is 0 Å². The summed E-state index contributed by atoms with van der Waals surface area (Å²) in [5, 5.41) is 3.62. The highest BCUT2D eigenvalue weighted by Crippen LogP contribution is 2.49. The average molecular weight is 472 g/mol. The summed E-state index contributed by atoms with van der Waals surface area (Å²) in [7, 11) is 1.59. The first-order valence-electron chi connectivity index (χ1n) is 8.01. The van der Waals surface area contributed by atoms with Crippen LogP contribution in [0.3, 0.4) is 0 Å². The van der Waals surface area contributed by atoms with Crippen molar-refractivity contribution in [2.24, 2.45) is 10.7 Å². The zero-order valence-corrected chi connectivity index (χ0v) is 17.5. The van der Waals surface area contributed by atoms with Crippen LogP contribution < -0.4 is 15.8 Å². The van der Waals surface area contributed by atoms with E-state index in [1.807, 2.05) is 6.07 Å². The van der Waals surface area contributed by atoms with E-state index in [1.54, 1.807) is 19.2 Å². The Morgan fingerprint density at radius 3 is 2.60 bits per heavy atom. The molecule has 0 aromatic heterocycles. The summed E-state index contributed by atoms with van der Waals surface area (Å²) in [6.07, 6.45) is 2.31. The lowest BCUT2D eigenvalue weighted by Gasteiger charge is -2.16. The molecule has 1 aliphatic rings. The topological polar surface area (TPSA) is 59.6 Å². The van der Waals surface area contributed by atoms with Gasteiger partial charge in [0.05, 0.1) is 18.7 Å². The molecule has 0 radical (unpaired) electrons. The van der Waals surface area contributed by atoms with Crippen molar-refractivity contribution in [2.45, 2.75) is 25.2 Å². The number of nitrogens with two attached hydrogens (primary N) is 1. The Kier molecular flexibility index (Phi) is 6.57. The van der Waals surface area contributed by atoms with Gasteiger partial charge in [-0.25, -0.2) is 0 Å². The Morgan fingerprint density at radius 1 is 1.28 bits per heavy atom. The summed E-state index contributed by atoms with van der Waals surface area (Å²) in [5.41, 5.74) is 9.69. The van der Waals surface area contributed by atoms with Crippen LogP contribution >= 0.6 is 35.6 Å². The molecule has 1 fully saturated rings. The Labute approximate surface area is 170 Å². The third-order valence-corrected chi connectivity index (χ3v) is 4.84. The van der Waals surface area contributed by atoms with Gasteiger partial charge < -0.3 is 15.8 Å². The normalized spacial score (nSPS) is 15.2. The van der Waals surface area contributed by atoms with Crippen molar-refractivity contribution in [3.8, 4) is 5.75 Å². The first kappa shape index (κ1) is 19.8. The predicted molar refractivity (Wildman–Crippen MR) is 116 cm³/mol. The lowest BCUT2D eigenvalue weighted by Crippen LogP contribution is -2.25. The van der Waals surface area contributed by atoms with E-state index in [-0.39, 0.29) is 29.4 Å². The van der Waals surface area contributed by atoms with Crippen molar-refractivity contribution in [3.05, 3.63) is 58.6 Å². The molecule has 0 bridgehead atoms. The van der Waals surface area contributed by atoms with Crippen LogP contribution in [0.5, 0.6) is 5.75 Å². The molecule has 2 aromatic carbocycles. The van der Waals surface area contributed by atoms with Gasteiger partial charge >= 0.3 is 0 Å². The molecular weight excluding hydrogens is 449 g/mol. The maximum Gasteiger partial charge on any atom is 0.193 e. The molecule has 0 spiro atoms. The van der Waals surface area contributed by atoms with E-state index in [9.17, 15) is 0 Å². The van der Waals surface area contributed by atoms with E-state index in [1.165, 1.54) is 11.1 Å². The van der Waals surface area contributed by atoms with Crippen molar-refractivity contribution in [2.75, 3.05) is 19.0 Å². The first-order chi connectivity index (χ1) is 11.5. The number of nitrogens with one attached hydrogen (secondary N) is 1. The summed E-state index contributed by atoms with van der Waals surface area (Å²) in [5.74, 6) is 1.03. The second-order valence-corrected chi connectivity index (χ2v) is 6.68. The monoisotopic (exact) mass is 471 g/mol. The summed E-state index contributed by atoms with van der Waals surface area (Å²) in [4.78, 5) is 4.55. The second kappa shape index (κ2) is 8.27. The maximum absolute atomic E-state index is 6.12. The van der Waals surface area contributed by atoms with Gasteiger partial charge in [0.25, 0.3) is 0 Å². The van der Waals surface area contributed by atoms with Gasteiger partial charge in [0, 0.05) is 11.1 Å². The van der Waals surface area contributed by atoms with Crippen LogP contribution in [0.15, 0.2) is 47.5 Å². The number of methoxy groups -OCH3 is 1. The van der Waals surface area contributed by atoms with Gasteiger partial charge in [0.2, 0.25) is 0 Å². The van der Waals surface area contributed by atoms with Gasteiger partial charge in [-0.1, -0.05) is 35.9 Å². The number of aryl methyl sites for hydroxylation is 1. The summed E-state index contributed by atoms with van der Waals surface area (Å²) in [6, 6.07) is 13.9. The molecule has 0 heterocycles. The number of nitrogens with zero attached hydrogens (tertiary/aromatic N) is 1. The average Bonchev–Trinajstić information content (AvgIpc) is 3.35. The van der Waals surface area contributed by atoms with Crippen LogP contribution in [0, 0.1) is 6.92 Å². The number of benzene rings is 2. The summed E-state index contributed by atoms with van der Waals surface area (Å²) < 4.78 is 5.14. The van der Waals surface area contributed by atoms with Crippen LogP contribution in [0.4, 0.5) is 5.69 Å². The van der Waals surface area contributed by atoms with Crippen LogP contribution in [0.2, 0.25) is 5.02 Å². The fraction of sp³-hybridized carbons (Fsp3) is 0.316. The fourth-order valence-corrected chi connectivity index (χ4v) is 3.26. The number of aliphatic imine (C=N–C) groups is 1. The van der Waals surface area contributed by atoms with E-state index < -0.39 is 0 Å². The molecule has 1 aliphatic carbocycles. The van der Waals surface area contributed by atoms with Gasteiger partial charge in [-0.05, 0) is 49.1 Å². The second-order valence-electron chi connectivity index (χ2n) is 6.27. The molecule has 0 unspecified atom stereocenters. The van der Waals surface area contributed by atoms with Crippen molar-refractivity contribution < 1.29 is 4.74 Å². The lowest BCUT2D eigenvalue weighted by molar-refractivity contribution is 0.415. The van der Waals surface area contributed by atoms with E-state index in [4.69, 9.17) is 22.1 Å². The molecule has 3 rings (SSSR count).